The van der Waals surface area contributed by atoms with E-state index in [9.17, 15) is 4.79 Å². The summed E-state index contributed by atoms with van der Waals surface area (Å²) in [6, 6.07) is 16.4. The van der Waals surface area contributed by atoms with Crippen LogP contribution in [0.3, 0.4) is 0 Å². The van der Waals surface area contributed by atoms with E-state index in [1.54, 1.807) is 0 Å². The first-order valence-corrected chi connectivity index (χ1v) is 12.7. The van der Waals surface area contributed by atoms with E-state index < -0.39 is 0 Å². The second-order valence-electron chi connectivity index (χ2n) is 10.2. The van der Waals surface area contributed by atoms with E-state index in [4.69, 9.17) is 0 Å². The van der Waals surface area contributed by atoms with E-state index in [1.807, 2.05) is 0 Å². The van der Waals surface area contributed by atoms with Crippen LogP contribution in [0.2, 0.25) is 0 Å². The Morgan fingerprint density at radius 1 is 0.879 bits per heavy atom. The molecule has 5 nitrogen and oxygen atoms in total. The summed E-state index contributed by atoms with van der Waals surface area (Å²) in [5.41, 5.74) is 6.56. The van der Waals surface area contributed by atoms with Gasteiger partial charge >= 0.3 is 0 Å². The van der Waals surface area contributed by atoms with E-state index in [-0.39, 0.29) is 0 Å². The van der Waals surface area contributed by atoms with Crippen LogP contribution in [0.15, 0.2) is 42.5 Å². The smallest absolute Gasteiger partial charge is 0.236 e. The normalized spacial score (nSPS) is 20.1. The van der Waals surface area contributed by atoms with Crippen molar-refractivity contribution in [3.8, 4) is 11.1 Å². The molecule has 1 amide bonds. The fourth-order valence-corrected chi connectivity index (χ4v) is 5.78. The molecule has 3 aliphatic rings. The van der Waals surface area contributed by atoms with Crippen LogP contribution >= 0.6 is 0 Å². The molecule has 2 fully saturated rings. The SMILES string of the molecule is CN(C)c1ccc(-c2ccc3c(c2)CCN(CC(=O)N2CCN(C4CCCC4)CC2)C3)cc1. The monoisotopic (exact) mass is 446 g/mol. The summed E-state index contributed by atoms with van der Waals surface area (Å²) in [6.07, 6.45) is 6.48. The molecule has 2 aromatic carbocycles. The average molecular weight is 447 g/mol. The van der Waals surface area contributed by atoms with Crippen molar-refractivity contribution in [2.75, 3.05) is 58.3 Å². The van der Waals surface area contributed by atoms with Crippen molar-refractivity contribution in [3.63, 3.8) is 0 Å². The van der Waals surface area contributed by atoms with Crippen LogP contribution < -0.4 is 4.90 Å². The Morgan fingerprint density at radius 3 is 2.27 bits per heavy atom. The lowest BCUT2D eigenvalue weighted by Gasteiger charge is -2.39. The number of rotatable bonds is 5. The molecule has 0 unspecified atom stereocenters. The Balaban J connectivity index is 1.15. The molecule has 2 heterocycles. The van der Waals surface area contributed by atoms with Gasteiger partial charge in [0.25, 0.3) is 0 Å². The fraction of sp³-hybridized carbons (Fsp3) is 0.536. The molecule has 0 aromatic heterocycles. The summed E-state index contributed by atoms with van der Waals surface area (Å²) in [7, 11) is 4.14. The molecule has 176 valence electrons. The number of amides is 1. The molecule has 5 rings (SSSR count). The first-order chi connectivity index (χ1) is 16.1. The van der Waals surface area contributed by atoms with Crippen LogP contribution in [-0.4, -0.2) is 80.0 Å². The van der Waals surface area contributed by atoms with E-state index >= 15 is 0 Å². The Kier molecular flexibility index (Phi) is 6.70. The van der Waals surface area contributed by atoms with E-state index in [0.717, 1.165) is 51.7 Å². The summed E-state index contributed by atoms with van der Waals surface area (Å²) >= 11 is 0. The third kappa shape index (κ3) is 5.10. The summed E-state index contributed by atoms with van der Waals surface area (Å²) in [5, 5.41) is 0. The molecule has 1 aliphatic carbocycles. The minimum Gasteiger partial charge on any atom is -0.378 e. The summed E-state index contributed by atoms with van der Waals surface area (Å²) in [4.78, 5) is 22.2. The zero-order valence-electron chi connectivity index (χ0n) is 20.3. The molecule has 33 heavy (non-hydrogen) atoms. The lowest BCUT2D eigenvalue weighted by Crippen LogP contribution is -2.53. The van der Waals surface area contributed by atoms with Crippen molar-refractivity contribution in [3.05, 3.63) is 53.6 Å². The quantitative estimate of drug-likeness (QED) is 0.698. The average Bonchev–Trinajstić information content (AvgIpc) is 3.39. The highest BCUT2D eigenvalue weighted by atomic mass is 16.2. The van der Waals surface area contributed by atoms with Crippen LogP contribution in [0.5, 0.6) is 0 Å². The topological polar surface area (TPSA) is 30.0 Å². The van der Waals surface area contributed by atoms with E-state index in [1.165, 1.54) is 53.6 Å². The number of hydrogen-bond donors (Lipinski definition) is 0. The Hall–Kier alpha value is -2.37. The van der Waals surface area contributed by atoms with Crippen LogP contribution in [0.1, 0.15) is 36.8 Å². The molecular weight excluding hydrogens is 408 g/mol. The minimum atomic E-state index is 0.308. The molecular formula is C28H38N4O. The van der Waals surface area contributed by atoms with Gasteiger partial charge < -0.3 is 9.80 Å². The van der Waals surface area contributed by atoms with E-state index in [2.05, 4.69) is 76.2 Å². The highest BCUT2D eigenvalue weighted by Gasteiger charge is 2.29. The van der Waals surface area contributed by atoms with Gasteiger partial charge in [-0.25, -0.2) is 0 Å². The van der Waals surface area contributed by atoms with Crippen LogP contribution in [0.25, 0.3) is 11.1 Å². The standard InChI is InChI=1S/C28H38N4O/c1-29(2)26-11-9-22(10-12-26)23-7-8-25-20-30(14-13-24(25)19-23)21-28(33)32-17-15-31(16-18-32)27-5-3-4-6-27/h7-12,19,27H,3-6,13-18,20-21H2,1-2H3. The van der Waals surface area contributed by atoms with Crippen LogP contribution in [0, 0.1) is 0 Å². The molecule has 0 atom stereocenters. The van der Waals surface area contributed by atoms with Gasteiger partial charge in [0.1, 0.15) is 0 Å². The Labute approximate surface area is 199 Å². The lowest BCUT2D eigenvalue weighted by molar-refractivity contribution is -0.134. The highest BCUT2D eigenvalue weighted by molar-refractivity contribution is 5.78. The van der Waals surface area contributed by atoms with Gasteiger partial charge in [-0.1, -0.05) is 43.2 Å². The van der Waals surface area contributed by atoms with Crippen molar-refractivity contribution in [1.82, 2.24) is 14.7 Å². The third-order valence-electron chi connectivity index (χ3n) is 7.88. The van der Waals surface area contributed by atoms with Gasteiger partial charge in [-0.05, 0) is 53.6 Å². The zero-order chi connectivity index (χ0) is 22.8. The number of carbonyl (C=O) groups is 1. The maximum atomic E-state index is 13.0. The summed E-state index contributed by atoms with van der Waals surface area (Å²) in [6.45, 7) is 6.30. The number of benzene rings is 2. The predicted molar refractivity (Wildman–Crippen MR) is 136 cm³/mol. The van der Waals surface area contributed by atoms with E-state index in [0.29, 0.717) is 12.5 Å². The van der Waals surface area contributed by atoms with Gasteiger partial charge in [0, 0.05) is 65.1 Å². The molecule has 1 saturated heterocycles. The second kappa shape index (κ2) is 9.86. The number of carbonyl (C=O) groups excluding carboxylic acids is 1. The molecule has 0 spiro atoms. The molecule has 5 heteroatoms. The lowest BCUT2D eigenvalue weighted by atomic mass is 9.94. The zero-order valence-corrected chi connectivity index (χ0v) is 20.3. The molecule has 0 radical (unpaired) electrons. The second-order valence-corrected chi connectivity index (χ2v) is 10.2. The van der Waals surface area contributed by atoms with Crippen molar-refractivity contribution in [1.29, 1.82) is 0 Å². The number of piperazine rings is 1. The van der Waals surface area contributed by atoms with Crippen LogP contribution in [-0.2, 0) is 17.8 Å². The van der Waals surface area contributed by atoms with Gasteiger partial charge in [-0.3, -0.25) is 14.6 Å². The molecule has 0 bridgehead atoms. The minimum absolute atomic E-state index is 0.308. The van der Waals surface area contributed by atoms with Crippen LogP contribution in [0.4, 0.5) is 5.69 Å². The van der Waals surface area contributed by atoms with Gasteiger partial charge in [0.2, 0.25) is 5.91 Å². The van der Waals surface area contributed by atoms with Gasteiger partial charge in [-0.15, -0.1) is 0 Å². The number of nitrogens with zero attached hydrogens (tertiary/aromatic N) is 4. The highest BCUT2D eigenvalue weighted by Crippen LogP contribution is 2.28. The van der Waals surface area contributed by atoms with Gasteiger partial charge in [-0.2, -0.15) is 0 Å². The van der Waals surface area contributed by atoms with Crippen molar-refractivity contribution < 1.29 is 4.79 Å². The molecule has 2 aromatic rings. The Bertz CT molecular complexity index is 956. The number of fused-ring (bicyclic) bond motifs is 1. The molecule has 2 aliphatic heterocycles. The van der Waals surface area contributed by atoms with Crippen molar-refractivity contribution in [2.45, 2.75) is 44.7 Å². The predicted octanol–water partition coefficient (Wildman–Crippen LogP) is 3.86. The number of anilines is 1. The molecule has 0 N–H and O–H groups in total. The first-order valence-electron chi connectivity index (χ1n) is 12.7. The number of hydrogen-bond acceptors (Lipinski definition) is 4. The fourth-order valence-electron chi connectivity index (χ4n) is 5.78. The largest absolute Gasteiger partial charge is 0.378 e. The van der Waals surface area contributed by atoms with Crippen molar-refractivity contribution >= 4 is 11.6 Å². The Morgan fingerprint density at radius 2 is 1.58 bits per heavy atom. The van der Waals surface area contributed by atoms with Gasteiger partial charge in [0.15, 0.2) is 0 Å². The van der Waals surface area contributed by atoms with Gasteiger partial charge in [0.05, 0.1) is 6.54 Å². The maximum Gasteiger partial charge on any atom is 0.236 e. The third-order valence-corrected chi connectivity index (χ3v) is 7.88. The molecule has 1 saturated carbocycles. The summed E-state index contributed by atoms with van der Waals surface area (Å²) in [5.74, 6) is 0.308. The summed E-state index contributed by atoms with van der Waals surface area (Å²) < 4.78 is 0. The first kappa shape index (κ1) is 22.4. The van der Waals surface area contributed by atoms with Crippen molar-refractivity contribution in [2.24, 2.45) is 0 Å². The maximum absolute atomic E-state index is 13.0.